The van der Waals surface area contributed by atoms with Crippen LogP contribution >= 0.6 is 10.0 Å². The molecule has 286 valence electrons. The lowest BCUT2D eigenvalue weighted by Crippen LogP contribution is -2.09. The first kappa shape index (κ1) is 36.9. The molecule has 0 aliphatic carbocycles. The Balaban J connectivity index is 1.03. The molecule has 0 radical (unpaired) electrons. The minimum absolute atomic E-state index is 1.10. The summed E-state index contributed by atoms with van der Waals surface area (Å²) in [6, 6.07) is 95.0. The smallest absolute Gasteiger partial charge is 0.0462 e. The molecule has 0 saturated carbocycles. The number of fused-ring (bicyclic) bond motifs is 1. The number of nitrogens with zero attached hydrogens (tertiary/aromatic N) is 1. The first-order chi connectivity index (χ1) is 29.8. The van der Waals surface area contributed by atoms with Gasteiger partial charge >= 0.3 is 0 Å². The lowest BCUT2D eigenvalue weighted by atomic mass is 9.91. The molecule has 0 heterocycles. The van der Waals surface area contributed by atoms with Crippen LogP contribution in [0, 0.1) is 0 Å². The summed E-state index contributed by atoms with van der Waals surface area (Å²) >= 11 is 0. The molecule has 2 heteroatoms. The summed E-state index contributed by atoms with van der Waals surface area (Å²) in [5.41, 5.74) is 10.6. The average Bonchev–Trinajstić information content (AvgIpc) is 3.34. The van der Waals surface area contributed by atoms with Crippen molar-refractivity contribution < 1.29 is 0 Å². The summed E-state index contributed by atoms with van der Waals surface area (Å²) in [4.78, 5) is 7.60. The van der Waals surface area contributed by atoms with Gasteiger partial charge in [-0.25, -0.2) is 0 Å². The molecule has 10 aromatic rings. The minimum Gasteiger partial charge on any atom is -0.311 e. The summed E-state index contributed by atoms with van der Waals surface area (Å²) in [6.45, 7) is 0. The van der Waals surface area contributed by atoms with E-state index in [2.05, 4.69) is 266 Å². The third kappa shape index (κ3) is 6.87. The van der Waals surface area contributed by atoms with Crippen molar-refractivity contribution in [3.05, 3.63) is 261 Å². The maximum Gasteiger partial charge on any atom is 0.0462 e. The van der Waals surface area contributed by atoms with E-state index in [4.69, 9.17) is 0 Å². The lowest BCUT2D eigenvalue weighted by molar-refractivity contribution is 1.24. The molecule has 0 spiro atoms. The summed E-state index contributed by atoms with van der Waals surface area (Å²) < 4.78 is 0. The van der Waals surface area contributed by atoms with Gasteiger partial charge in [0.25, 0.3) is 0 Å². The molecule has 60 heavy (non-hydrogen) atoms. The third-order valence-corrected chi connectivity index (χ3v) is 15.3. The van der Waals surface area contributed by atoms with Gasteiger partial charge in [-0.05, 0) is 129 Å². The summed E-state index contributed by atoms with van der Waals surface area (Å²) in [6.07, 6.45) is 0. The Bertz CT molecular complexity index is 2880. The van der Waals surface area contributed by atoms with Gasteiger partial charge in [-0.1, -0.05) is 176 Å². The predicted octanol–water partition coefficient (Wildman–Crippen LogP) is 16.7. The molecule has 0 atom stereocenters. The van der Waals surface area contributed by atoms with E-state index >= 15 is 0 Å². The maximum absolute atomic E-state index is 2.42. The minimum atomic E-state index is -1.80. The van der Waals surface area contributed by atoms with Crippen LogP contribution in [0.2, 0.25) is 0 Å². The van der Waals surface area contributed by atoms with Gasteiger partial charge < -0.3 is 4.90 Å². The molecule has 0 aromatic heterocycles. The van der Waals surface area contributed by atoms with E-state index < -0.39 is 10.0 Å². The number of hydrogen-bond acceptors (Lipinski definition) is 1. The Labute approximate surface area is 354 Å². The van der Waals surface area contributed by atoms with E-state index in [0.717, 1.165) is 17.1 Å². The van der Waals surface area contributed by atoms with E-state index in [1.807, 2.05) is 0 Å². The van der Waals surface area contributed by atoms with Gasteiger partial charge in [0.1, 0.15) is 0 Å². The molecule has 10 rings (SSSR count). The third-order valence-electron chi connectivity index (χ3n) is 11.4. The number of anilines is 3. The van der Waals surface area contributed by atoms with Crippen molar-refractivity contribution in [3.63, 3.8) is 0 Å². The van der Waals surface area contributed by atoms with Crippen molar-refractivity contribution in [3.8, 4) is 33.4 Å². The Hall–Kier alpha value is -7.39. The quantitative estimate of drug-likeness (QED) is 0.133. The number of rotatable bonds is 10. The van der Waals surface area contributed by atoms with E-state index in [9.17, 15) is 0 Å². The summed E-state index contributed by atoms with van der Waals surface area (Å²) in [5, 5.41) is 2.51. The standard InChI is InChI=1S/C58H43NS/c1-6-19-45(20-7-1)56-33-17-21-47-22-18-34-57(58(47)56)46-37-41-51(42-38-46)59(49-24-8-2-9-25-49)50-39-35-44(36-40-50)48-23-16-32-55(43-48)60(52-26-10-3-11-27-52,53-28-12-4-13-29-53)54-30-14-5-15-31-54/h1-43H. The van der Waals surface area contributed by atoms with Crippen LogP contribution in [0.15, 0.2) is 280 Å². The van der Waals surface area contributed by atoms with E-state index in [1.54, 1.807) is 0 Å². The topological polar surface area (TPSA) is 3.24 Å². The van der Waals surface area contributed by atoms with Gasteiger partial charge in [0.2, 0.25) is 0 Å². The molecule has 0 N–H and O–H groups in total. The summed E-state index contributed by atoms with van der Waals surface area (Å²) in [5.74, 6) is 0. The molecule has 0 saturated heterocycles. The Kier molecular flexibility index (Phi) is 10.1. The van der Waals surface area contributed by atoms with Gasteiger partial charge in [0.15, 0.2) is 0 Å². The first-order valence-corrected chi connectivity index (χ1v) is 22.1. The number of para-hydroxylation sites is 1. The van der Waals surface area contributed by atoms with Gasteiger partial charge in [-0.2, -0.15) is 0 Å². The average molecular weight is 786 g/mol. The monoisotopic (exact) mass is 785 g/mol. The zero-order chi connectivity index (χ0) is 40.1. The number of benzene rings is 10. The van der Waals surface area contributed by atoms with Crippen LogP contribution in [0.4, 0.5) is 17.1 Å². The fraction of sp³-hybridized carbons (Fsp3) is 0. The van der Waals surface area contributed by atoms with Crippen LogP contribution in [0.1, 0.15) is 0 Å². The van der Waals surface area contributed by atoms with E-state index in [-0.39, 0.29) is 0 Å². The molecular weight excluding hydrogens is 743 g/mol. The van der Waals surface area contributed by atoms with Crippen molar-refractivity contribution in [2.45, 2.75) is 19.6 Å². The highest BCUT2D eigenvalue weighted by Gasteiger charge is 2.33. The maximum atomic E-state index is 2.42. The molecule has 0 aliphatic heterocycles. The summed E-state index contributed by atoms with van der Waals surface area (Å²) in [7, 11) is -1.80. The SMILES string of the molecule is c1ccc(-c2cccc3cccc(-c4ccc(N(c5ccccc5)c5ccc(-c6cccc(S(c7ccccc7)(c7ccccc7)c7ccccc7)c6)cc5)cc4)c23)cc1. The zero-order valence-electron chi connectivity index (χ0n) is 33.2. The Morgan fingerprint density at radius 2 is 0.617 bits per heavy atom. The lowest BCUT2D eigenvalue weighted by Gasteiger charge is -2.42. The van der Waals surface area contributed by atoms with Gasteiger partial charge in [-0.15, -0.1) is 10.0 Å². The fourth-order valence-electron chi connectivity index (χ4n) is 8.61. The molecule has 1 nitrogen and oxygen atoms in total. The normalized spacial score (nSPS) is 11.6. The van der Waals surface area contributed by atoms with Crippen molar-refractivity contribution in [1.29, 1.82) is 0 Å². The van der Waals surface area contributed by atoms with Crippen LogP contribution in [-0.2, 0) is 0 Å². The van der Waals surface area contributed by atoms with E-state index in [1.165, 1.54) is 63.7 Å². The van der Waals surface area contributed by atoms with E-state index in [0.29, 0.717) is 0 Å². The Morgan fingerprint density at radius 3 is 1.12 bits per heavy atom. The van der Waals surface area contributed by atoms with Crippen LogP contribution in [0.5, 0.6) is 0 Å². The molecule has 0 bridgehead atoms. The first-order valence-electron chi connectivity index (χ1n) is 20.5. The highest BCUT2D eigenvalue weighted by Crippen LogP contribution is 2.73. The molecular formula is C58H43NS. The zero-order valence-corrected chi connectivity index (χ0v) is 34.0. The van der Waals surface area contributed by atoms with Gasteiger partial charge in [0.05, 0.1) is 0 Å². The molecule has 0 amide bonds. The second-order valence-corrected chi connectivity index (χ2v) is 18.0. The van der Waals surface area contributed by atoms with Crippen LogP contribution < -0.4 is 4.90 Å². The molecule has 0 unspecified atom stereocenters. The molecule has 10 aromatic carbocycles. The molecule has 0 aliphatic rings. The highest BCUT2D eigenvalue weighted by molar-refractivity contribution is 8.34. The van der Waals surface area contributed by atoms with Crippen molar-refractivity contribution in [2.24, 2.45) is 0 Å². The second kappa shape index (κ2) is 16.5. The van der Waals surface area contributed by atoms with Gasteiger partial charge in [-0.3, -0.25) is 0 Å². The van der Waals surface area contributed by atoms with Crippen LogP contribution in [0.3, 0.4) is 0 Å². The van der Waals surface area contributed by atoms with Crippen LogP contribution in [0.25, 0.3) is 44.2 Å². The van der Waals surface area contributed by atoms with Crippen molar-refractivity contribution in [2.75, 3.05) is 4.90 Å². The fourth-order valence-corrected chi connectivity index (χ4v) is 12.5. The van der Waals surface area contributed by atoms with Gasteiger partial charge in [0, 0.05) is 36.6 Å². The highest BCUT2D eigenvalue weighted by atomic mass is 32.3. The number of hydrogen-bond donors (Lipinski definition) is 0. The Morgan fingerprint density at radius 1 is 0.250 bits per heavy atom. The largest absolute Gasteiger partial charge is 0.311 e. The van der Waals surface area contributed by atoms with Crippen LogP contribution in [-0.4, -0.2) is 0 Å². The van der Waals surface area contributed by atoms with Crippen molar-refractivity contribution in [1.82, 2.24) is 0 Å². The second-order valence-electron chi connectivity index (χ2n) is 14.9. The molecule has 0 fully saturated rings. The van der Waals surface area contributed by atoms with Crippen molar-refractivity contribution >= 4 is 37.9 Å². The predicted molar refractivity (Wildman–Crippen MR) is 255 cm³/mol.